The van der Waals surface area contributed by atoms with Crippen LogP contribution >= 0.6 is 0 Å². The molecule has 0 fully saturated rings. The molecular formula is C8H5F2N3O3. The van der Waals surface area contributed by atoms with Gasteiger partial charge in [-0.3, -0.25) is 10.1 Å². The summed E-state index contributed by atoms with van der Waals surface area (Å²) in [5, 5.41) is 27.9. The van der Waals surface area contributed by atoms with E-state index in [1.807, 2.05) is 0 Å². The quantitative estimate of drug-likeness (QED) is 0.627. The lowest BCUT2D eigenvalue weighted by molar-refractivity contribution is -0.386. The van der Waals surface area contributed by atoms with Gasteiger partial charge >= 0.3 is 0 Å². The molecule has 0 amide bonds. The van der Waals surface area contributed by atoms with Crippen LogP contribution in [-0.4, -0.2) is 15.0 Å². The molecule has 8 heteroatoms. The molecule has 1 heterocycles. The van der Waals surface area contributed by atoms with Crippen molar-refractivity contribution in [2.45, 2.75) is 12.8 Å². The van der Waals surface area contributed by atoms with Gasteiger partial charge in [-0.1, -0.05) is 0 Å². The van der Waals surface area contributed by atoms with Crippen molar-refractivity contribution in [3.8, 4) is 11.8 Å². The third-order valence-electron chi connectivity index (χ3n) is 1.74. The lowest BCUT2D eigenvalue weighted by Crippen LogP contribution is -2.02. The summed E-state index contributed by atoms with van der Waals surface area (Å²) in [5.74, 6) is -0.641. The van der Waals surface area contributed by atoms with Crippen molar-refractivity contribution in [3.05, 3.63) is 27.6 Å². The number of hydrogen-bond donors (Lipinski definition) is 1. The predicted molar refractivity (Wildman–Crippen MR) is 46.8 cm³/mol. The second-order valence-corrected chi connectivity index (χ2v) is 2.75. The molecule has 0 aliphatic carbocycles. The van der Waals surface area contributed by atoms with Crippen LogP contribution in [0.25, 0.3) is 0 Å². The molecule has 0 saturated carbocycles. The summed E-state index contributed by atoms with van der Waals surface area (Å²) in [4.78, 5) is 12.6. The molecule has 6 nitrogen and oxygen atoms in total. The van der Waals surface area contributed by atoms with E-state index in [2.05, 4.69) is 4.98 Å². The first kappa shape index (κ1) is 11.8. The van der Waals surface area contributed by atoms with Crippen molar-refractivity contribution in [2.75, 3.05) is 0 Å². The van der Waals surface area contributed by atoms with Gasteiger partial charge in [0.05, 0.1) is 29.2 Å². The maximum Gasteiger partial charge on any atom is 0.300 e. The number of pyridine rings is 1. The zero-order valence-electron chi connectivity index (χ0n) is 7.72. The lowest BCUT2D eigenvalue weighted by Gasteiger charge is -2.04. The Morgan fingerprint density at radius 3 is 2.75 bits per heavy atom. The van der Waals surface area contributed by atoms with Crippen LogP contribution in [0.3, 0.4) is 0 Å². The topological polar surface area (TPSA) is 100 Å². The SMILES string of the molecule is N#CCc1nc(C(F)F)c([N+](=O)[O-])cc1O. The maximum absolute atomic E-state index is 12.4. The number of aromatic nitrogens is 1. The van der Waals surface area contributed by atoms with E-state index in [0.29, 0.717) is 6.07 Å². The molecule has 0 bridgehead atoms. The molecule has 84 valence electrons. The lowest BCUT2D eigenvalue weighted by atomic mass is 10.2. The van der Waals surface area contributed by atoms with Crippen molar-refractivity contribution in [1.82, 2.24) is 4.98 Å². The first-order valence-electron chi connectivity index (χ1n) is 3.99. The molecule has 0 aliphatic heterocycles. The first-order chi connectivity index (χ1) is 7.47. The second-order valence-electron chi connectivity index (χ2n) is 2.75. The van der Waals surface area contributed by atoms with Crippen molar-refractivity contribution in [1.29, 1.82) is 5.26 Å². The van der Waals surface area contributed by atoms with E-state index in [4.69, 9.17) is 5.26 Å². The molecule has 1 rings (SSSR count). The van der Waals surface area contributed by atoms with E-state index in [1.165, 1.54) is 0 Å². The molecule has 16 heavy (non-hydrogen) atoms. The highest BCUT2D eigenvalue weighted by molar-refractivity contribution is 5.45. The number of nitro groups is 1. The van der Waals surface area contributed by atoms with Crippen molar-refractivity contribution in [3.63, 3.8) is 0 Å². The standard InChI is InChI=1S/C8H5F2N3O3/c9-8(10)7-5(13(15)16)3-6(14)4(12-7)1-2-11/h3,8,14H,1H2. The van der Waals surface area contributed by atoms with Crippen LogP contribution in [0.15, 0.2) is 6.07 Å². The molecule has 0 saturated heterocycles. The third kappa shape index (κ3) is 2.20. The molecule has 1 aromatic rings. The second kappa shape index (κ2) is 4.48. The van der Waals surface area contributed by atoms with E-state index in [1.54, 1.807) is 6.07 Å². The smallest absolute Gasteiger partial charge is 0.300 e. The molecule has 0 atom stereocenters. The molecule has 0 unspecified atom stereocenters. The fraction of sp³-hybridized carbons (Fsp3) is 0.250. The van der Waals surface area contributed by atoms with Crippen molar-refractivity contribution < 1.29 is 18.8 Å². The Labute approximate surface area is 87.9 Å². The minimum absolute atomic E-state index is 0.302. The number of hydrogen-bond acceptors (Lipinski definition) is 5. The largest absolute Gasteiger partial charge is 0.506 e. The summed E-state index contributed by atoms with van der Waals surface area (Å²) in [6.45, 7) is 0. The monoisotopic (exact) mass is 229 g/mol. The predicted octanol–water partition coefficient (Wildman–Crippen LogP) is 1.70. The minimum Gasteiger partial charge on any atom is -0.506 e. The average Bonchev–Trinajstić information content (AvgIpc) is 2.20. The fourth-order valence-electron chi connectivity index (χ4n) is 1.06. The van der Waals surface area contributed by atoms with Crippen LogP contribution in [0.2, 0.25) is 0 Å². The van der Waals surface area contributed by atoms with Gasteiger partial charge in [-0.25, -0.2) is 13.8 Å². The summed E-state index contributed by atoms with van der Waals surface area (Å²) < 4.78 is 24.8. The minimum atomic E-state index is -3.14. The number of nitriles is 1. The van der Waals surface area contributed by atoms with Crippen LogP contribution < -0.4 is 0 Å². The van der Waals surface area contributed by atoms with Crippen molar-refractivity contribution in [2.24, 2.45) is 0 Å². The maximum atomic E-state index is 12.4. The van der Waals surface area contributed by atoms with Crippen LogP contribution in [0, 0.1) is 21.4 Å². The highest BCUT2D eigenvalue weighted by atomic mass is 19.3. The van der Waals surface area contributed by atoms with Crippen molar-refractivity contribution >= 4 is 5.69 Å². The van der Waals surface area contributed by atoms with E-state index in [0.717, 1.165) is 0 Å². The number of rotatable bonds is 3. The summed E-state index contributed by atoms with van der Waals surface area (Å²) in [5.41, 5.74) is -2.31. The summed E-state index contributed by atoms with van der Waals surface area (Å²) in [6, 6.07) is 2.17. The van der Waals surface area contributed by atoms with Gasteiger partial charge in [-0.2, -0.15) is 5.26 Å². The fourth-order valence-corrected chi connectivity index (χ4v) is 1.06. The van der Waals surface area contributed by atoms with Gasteiger partial charge < -0.3 is 5.11 Å². The van der Waals surface area contributed by atoms with Gasteiger partial charge in [0.1, 0.15) is 5.75 Å². The molecule has 1 aromatic heterocycles. The van der Waals surface area contributed by atoms with Crippen LogP contribution in [0.4, 0.5) is 14.5 Å². The number of alkyl halides is 2. The van der Waals surface area contributed by atoms with E-state index in [-0.39, 0.29) is 5.69 Å². The Hall–Kier alpha value is -2.30. The highest BCUT2D eigenvalue weighted by Crippen LogP contribution is 2.31. The van der Waals surface area contributed by atoms with Gasteiger partial charge in [0, 0.05) is 0 Å². The Bertz CT molecular complexity index is 470. The number of aromatic hydroxyl groups is 1. The Kier molecular flexibility index (Phi) is 3.30. The van der Waals surface area contributed by atoms with Gasteiger partial charge in [0.2, 0.25) is 0 Å². The van der Waals surface area contributed by atoms with Gasteiger partial charge in [0.25, 0.3) is 12.1 Å². The first-order valence-corrected chi connectivity index (χ1v) is 3.99. The zero-order valence-corrected chi connectivity index (χ0v) is 7.72. The normalized spacial score (nSPS) is 10.1. The van der Waals surface area contributed by atoms with E-state index in [9.17, 15) is 24.0 Å². The van der Waals surface area contributed by atoms with Gasteiger partial charge in [-0.05, 0) is 0 Å². The summed E-state index contributed by atoms with van der Waals surface area (Å²) in [6.07, 6.45) is -3.54. The van der Waals surface area contributed by atoms with Crippen LogP contribution in [0.5, 0.6) is 5.75 Å². The van der Waals surface area contributed by atoms with Gasteiger partial charge in [0.15, 0.2) is 5.69 Å². The zero-order chi connectivity index (χ0) is 12.3. The van der Waals surface area contributed by atoms with E-state index >= 15 is 0 Å². The highest BCUT2D eigenvalue weighted by Gasteiger charge is 2.26. The Morgan fingerprint density at radius 2 is 2.31 bits per heavy atom. The molecular weight excluding hydrogens is 224 g/mol. The van der Waals surface area contributed by atoms with E-state index < -0.39 is 34.9 Å². The summed E-state index contributed by atoms with van der Waals surface area (Å²) >= 11 is 0. The third-order valence-corrected chi connectivity index (χ3v) is 1.74. The molecule has 0 spiro atoms. The molecule has 1 N–H and O–H groups in total. The van der Waals surface area contributed by atoms with Gasteiger partial charge in [-0.15, -0.1) is 0 Å². The number of halogens is 2. The summed E-state index contributed by atoms with van der Waals surface area (Å²) in [7, 11) is 0. The average molecular weight is 229 g/mol. The number of nitrogens with zero attached hydrogens (tertiary/aromatic N) is 3. The Morgan fingerprint density at radius 1 is 1.69 bits per heavy atom. The Balaban J connectivity index is 3.38. The molecule has 0 radical (unpaired) electrons. The molecule has 0 aromatic carbocycles. The van der Waals surface area contributed by atoms with Crippen LogP contribution in [-0.2, 0) is 6.42 Å². The molecule has 0 aliphatic rings. The van der Waals surface area contributed by atoms with Crippen LogP contribution in [0.1, 0.15) is 17.8 Å².